The summed E-state index contributed by atoms with van der Waals surface area (Å²) in [5.74, 6) is 0.604. The molecule has 2 heterocycles. The number of nitrogens with zero attached hydrogens (tertiary/aromatic N) is 2. The molecule has 0 radical (unpaired) electrons. The van der Waals surface area contributed by atoms with E-state index in [4.69, 9.17) is 11.6 Å². The molecule has 1 aliphatic heterocycles. The number of hydrogen-bond donors (Lipinski definition) is 1. The van der Waals surface area contributed by atoms with Crippen LogP contribution < -0.4 is 5.32 Å². The SMILES string of the molecule is CNc1ncc(C(=O)N2CCC(C)(C)C2)cc1Cl. The molecule has 18 heavy (non-hydrogen) atoms. The third-order valence-corrected chi connectivity index (χ3v) is 3.58. The number of carbonyl (C=O) groups excluding carboxylic acids is 1. The summed E-state index contributed by atoms with van der Waals surface area (Å²) in [4.78, 5) is 18.3. The number of likely N-dealkylation sites (tertiary alicyclic amines) is 1. The van der Waals surface area contributed by atoms with Crippen molar-refractivity contribution in [1.82, 2.24) is 9.88 Å². The maximum atomic E-state index is 12.3. The van der Waals surface area contributed by atoms with Crippen molar-refractivity contribution in [3.63, 3.8) is 0 Å². The molecule has 1 N–H and O–H groups in total. The van der Waals surface area contributed by atoms with Crippen LogP contribution in [0.5, 0.6) is 0 Å². The minimum Gasteiger partial charge on any atom is -0.372 e. The summed E-state index contributed by atoms with van der Waals surface area (Å²) in [6.07, 6.45) is 2.61. The predicted molar refractivity (Wildman–Crippen MR) is 73.1 cm³/mol. The highest BCUT2D eigenvalue weighted by Crippen LogP contribution is 2.30. The molecule has 0 aromatic carbocycles. The van der Waals surface area contributed by atoms with Crippen LogP contribution in [-0.4, -0.2) is 35.9 Å². The van der Waals surface area contributed by atoms with E-state index in [1.165, 1.54) is 0 Å². The van der Waals surface area contributed by atoms with Gasteiger partial charge in [0.1, 0.15) is 5.82 Å². The molecule has 0 unspecified atom stereocenters. The van der Waals surface area contributed by atoms with E-state index in [1.807, 2.05) is 4.90 Å². The van der Waals surface area contributed by atoms with Crippen molar-refractivity contribution in [3.05, 3.63) is 22.8 Å². The summed E-state index contributed by atoms with van der Waals surface area (Å²) < 4.78 is 0. The van der Waals surface area contributed by atoms with E-state index < -0.39 is 0 Å². The summed E-state index contributed by atoms with van der Waals surface area (Å²) in [5.41, 5.74) is 0.759. The van der Waals surface area contributed by atoms with Crippen molar-refractivity contribution in [2.75, 3.05) is 25.5 Å². The van der Waals surface area contributed by atoms with E-state index in [2.05, 4.69) is 24.1 Å². The van der Waals surface area contributed by atoms with Gasteiger partial charge in [0.25, 0.3) is 5.91 Å². The Balaban J connectivity index is 2.17. The second-order valence-electron chi connectivity index (χ2n) is 5.45. The van der Waals surface area contributed by atoms with Crippen LogP contribution in [0.3, 0.4) is 0 Å². The molecule has 4 nitrogen and oxygen atoms in total. The number of nitrogens with one attached hydrogen (secondary N) is 1. The second kappa shape index (κ2) is 4.76. The smallest absolute Gasteiger partial charge is 0.255 e. The van der Waals surface area contributed by atoms with Crippen molar-refractivity contribution >= 4 is 23.3 Å². The molecule has 1 fully saturated rings. The Morgan fingerprint density at radius 3 is 2.78 bits per heavy atom. The van der Waals surface area contributed by atoms with Gasteiger partial charge in [0, 0.05) is 26.3 Å². The highest BCUT2D eigenvalue weighted by atomic mass is 35.5. The van der Waals surface area contributed by atoms with E-state index in [-0.39, 0.29) is 11.3 Å². The van der Waals surface area contributed by atoms with Gasteiger partial charge in [0.2, 0.25) is 0 Å². The number of carbonyl (C=O) groups is 1. The van der Waals surface area contributed by atoms with E-state index in [0.29, 0.717) is 16.4 Å². The number of amides is 1. The van der Waals surface area contributed by atoms with Crippen LogP contribution in [-0.2, 0) is 0 Å². The lowest BCUT2D eigenvalue weighted by molar-refractivity contribution is 0.0778. The van der Waals surface area contributed by atoms with Gasteiger partial charge in [-0.2, -0.15) is 0 Å². The van der Waals surface area contributed by atoms with Crippen LogP contribution in [0.2, 0.25) is 5.02 Å². The monoisotopic (exact) mass is 267 g/mol. The molecule has 2 rings (SSSR count). The molecule has 0 atom stereocenters. The number of rotatable bonds is 2. The lowest BCUT2D eigenvalue weighted by Gasteiger charge is -2.20. The fourth-order valence-corrected chi connectivity index (χ4v) is 2.47. The van der Waals surface area contributed by atoms with Crippen LogP contribution in [0.1, 0.15) is 30.6 Å². The molecule has 1 aromatic heterocycles. The first kappa shape index (κ1) is 13.1. The van der Waals surface area contributed by atoms with Gasteiger partial charge in [-0.1, -0.05) is 25.4 Å². The van der Waals surface area contributed by atoms with E-state index in [0.717, 1.165) is 19.5 Å². The molecule has 0 spiro atoms. The number of aromatic nitrogens is 1. The van der Waals surface area contributed by atoms with E-state index >= 15 is 0 Å². The molecular formula is C13H18ClN3O. The Labute approximate surface area is 112 Å². The van der Waals surface area contributed by atoms with Gasteiger partial charge in [-0.05, 0) is 17.9 Å². The Hall–Kier alpha value is -1.29. The lowest BCUT2D eigenvalue weighted by Crippen LogP contribution is -2.30. The standard InChI is InChI=1S/C13H18ClN3O/c1-13(2)4-5-17(8-13)12(18)9-6-10(14)11(15-3)16-7-9/h6-7H,4-5,8H2,1-3H3,(H,15,16). The highest BCUT2D eigenvalue weighted by molar-refractivity contribution is 6.33. The molecule has 5 heteroatoms. The number of halogens is 1. The second-order valence-corrected chi connectivity index (χ2v) is 5.85. The molecular weight excluding hydrogens is 250 g/mol. The molecule has 1 aliphatic rings. The van der Waals surface area contributed by atoms with Gasteiger partial charge in [-0.3, -0.25) is 4.79 Å². The molecule has 1 saturated heterocycles. The lowest BCUT2D eigenvalue weighted by atomic mass is 9.93. The summed E-state index contributed by atoms with van der Waals surface area (Å²) in [5, 5.41) is 3.35. The first-order valence-corrected chi connectivity index (χ1v) is 6.43. The van der Waals surface area contributed by atoms with Gasteiger partial charge < -0.3 is 10.2 Å². The van der Waals surface area contributed by atoms with Crippen molar-refractivity contribution in [2.24, 2.45) is 5.41 Å². The van der Waals surface area contributed by atoms with Gasteiger partial charge in [-0.25, -0.2) is 4.98 Å². The first-order valence-electron chi connectivity index (χ1n) is 6.05. The van der Waals surface area contributed by atoms with Crippen molar-refractivity contribution in [3.8, 4) is 0 Å². The zero-order valence-electron chi connectivity index (χ0n) is 11.0. The van der Waals surface area contributed by atoms with Gasteiger partial charge in [0.05, 0.1) is 10.6 Å². The summed E-state index contributed by atoms with van der Waals surface area (Å²) in [6.45, 7) is 5.94. The first-order chi connectivity index (χ1) is 8.43. The Bertz CT molecular complexity index is 473. The zero-order chi connectivity index (χ0) is 13.3. The Morgan fingerprint density at radius 2 is 2.28 bits per heavy atom. The minimum absolute atomic E-state index is 0.0117. The zero-order valence-corrected chi connectivity index (χ0v) is 11.7. The van der Waals surface area contributed by atoms with Gasteiger partial charge in [-0.15, -0.1) is 0 Å². The topological polar surface area (TPSA) is 45.2 Å². The van der Waals surface area contributed by atoms with Crippen LogP contribution >= 0.6 is 11.6 Å². The van der Waals surface area contributed by atoms with Gasteiger partial charge in [0.15, 0.2) is 0 Å². The van der Waals surface area contributed by atoms with Crippen LogP contribution in [0.25, 0.3) is 0 Å². The summed E-state index contributed by atoms with van der Waals surface area (Å²) in [6, 6.07) is 1.67. The maximum absolute atomic E-state index is 12.3. The van der Waals surface area contributed by atoms with Crippen molar-refractivity contribution < 1.29 is 4.79 Å². The largest absolute Gasteiger partial charge is 0.372 e. The highest BCUT2D eigenvalue weighted by Gasteiger charge is 2.32. The molecule has 0 aliphatic carbocycles. The normalized spacial score (nSPS) is 17.9. The fourth-order valence-electron chi connectivity index (χ4n) is 2.21. The van der Waals surface area contributed by atoms with Crippen molar-refractivity contribution in [1.29, 1.82) is 0 Å². The molecule has 1 aromatic rings. The van der Waals surface area contributed by atoms with Crippen LogP contribution in [0, 0.1) is 5.41 Å². The van der Waals surface area contributed by atoms with Gasteiger partial charge >= 0.3 is 0 Å². The van der Waals surface area contributed by atoms with Crippen LogP contribution in [0.4, 0.5) is 5.82 Å². The summed E-state index contributed by atoms with van der Waals surface area (Å²) in [7, 11) is 1.75. The molecule has 98 valence electrons. The fraction of sp³-hybridized carbons (Fsp3) is 0.538. The average Bonchev–Trinajstić information content (AvgIpc) is 2.68. The van der Waals surface area contributed by atoms with Crippen molar-refractivity contribution in [2.45, 2.75) is 20.3 Å². The quantitative estimate of drug-likeness (QED) is 0.896. The molecule has 0 saturated carbocycles. The minimum atomic E-state index is 0.0117. The van der Waals surface area contributed by atoms with Crippen LogP contribution in [0.15, 0.2) is 12.3 Å². The van der Waals surface area contributed by atoms with E-state index in [1.54, 1.807) is 19.3 Å². The molecule has 0 bridgehead atoms. The molecule has 1 amide bonds. The average molecular weight is 268 g/mol. The number of hydrogen-bond acceptors (Lipinski definition) is 3. The Kier molecular flexibility index (Phi) is 3.48. The Morgan fingerprint density at radius 1 is 1.56 bits per heavy atom. The predicted octanol–water partition coefficient (Wildman–Crippen LogP) is 2.65. The maximum Gasteiger partial charge on any atom is 0.255 e. The third kappa shape index (κ3) is 2.58. The number of anilines is 1. The third-order valence-electron chi connectivity index (χ3n) is 3.29. The van der Waals surface area contributed by atoms with E-state index in [9.17, 15) is 4.79 Å². The number of pyridine rings is 1. The summed E-state index contributed by atoms with van der Waals surface area (Å²) >= 11 is 6.04.